The standard InChI is InChI=1S/C32H22N2O4S/c35-29-16-22(15-21-11-5-9-19-7-1-3-12-23(19)21)30(31-34(29)27(18-39-31)32(36)37)28-17-26(33-38-28)25-14-6-10-20-8-2-4-13-24(20)25/h1-14,16-17,27H,15,18H2,(H,36,37)/p-1. The van der Waals surface area contributed by atoms with Gasteiger partial charge in [-0.15, -0.1) is 11.8 Å². The van der Waals surface area contributed by atoms with Gasteiger partial charge in [-0.25, -0.2) is 0 Å². The van der Waals surface area contributed by atoms with Crippen LogP contribution in [-0.2, 0) is 11.2 Å². The second kappa shape index (κ2) is 9.29. The zero-order valence-electron chi connectivity index (χ0n) is 20.7. The summed E-state index contributed by atoms with van der Waals surface area (Å²) >= 11 is 1.33. The van der Waals surface area contributed by atoms with Gasteiger partial charge in [-0.3, -0.25) is 9.36 Å². The molecule has 1 unspecified atom stereocenters. The molecular weight excluding hydrogens is 508 g/mol. The molecule has 0 bridgehead atoms. The van der Waals surface area contributed by atoms with Crippen molar-refractivity contribution >= 4 is 39.3 Å². The number of aliphatic carboxylic acids is 1. The lowest BCUT2D eigenvalue weighted by atomic mass is 9.95. The SMILES string of the molecule is O=C([O-])C1CSc2c(-c3cc(-c4cccc5ccccc45)no3)c(Cc3cccc4ccccc34)cc(=O)n21. The van der Waals surface area contributed by atoms with E-state index in [9.17, 15) is 14.7 Å². The Hall–Kier alpha value is -4.62. The van der Waals surface area contributed by atoms with Gasteiger partial charge in [0.15, 0.2) is 5.76 Å². The van der Waals surface area contributed by atoms with Crippen LogP contribution in [0.15, 0.2) is 111 Å². The number of carboxylic acid groups (broad SMARTS) is 1. The highest BCUT2D eigenvalue weighted by Gasteiger charge is 2.31. The van der Waals surface area contributed by atoms with Gasteiger partial charge in [0.1, 0.15) is 5.69 Å². The fourth-order valence-electron chi connectivity index (χ4n) is 5.51. The van der Waals surface area contributed by atoms with Crippen LogP contribution in [0.25, 0.3) is 44.1 Å². The number of carbonyl (C=O) groups excluding carboxylic acids is 1. The molecule has 7 rings (SSSR count). The number of fused-ring (bicyclic) bond motifs is 3. The molecule has 0 amide bonds. The Morgan fingerprint density at radius 3 is 2.38 bits per heavy atom. The molecule has 1 atom stereocenters. The highest BCUT2D eigenvalue weighted by molar-refractivity contribution is 7.99. The van der Waals surface area contributed by atoms with Crippen molar-refractivity contribution < 1.29 is 14.4 Å². The zero-order chi connectivity index (χ0) is 26.5. The summed E-state index contributed by atoms with van der Waals surface area (Å²) in [7, 11) is 0. The predicted molar refractivity (Wildman–Crippen MR) is 151 cm³/mol. The largest absolute Gasteiger partial charge is 0.548 e. The number of aromatic nitrogens is 2. The van der Waals surface area contributed by atoms with Crippen molar-refractivity contribution in [1.29, 1.82) is 0 Å². The summed E-state index contributed by atoms with van der Waals surface area (Å²) in [5.41, 5.74) is 3.75. The lowest BCUT2D eigenvalue weighted by Crippen LogP contribution is -2.37. The Balaban J connectivity index is 1.42. The second-order valence-corrected chi connectivity index (χ2v) is 10.6. The highest BCUT2D eigenvalue weighted by Crippen LogP contribution is 2.42. The van der Waals surface area contributed by atoms with Crippen molar-refractivity contribution in [3.63, 3.8) is 0 Å². The van der Waals surface area contributed by atoms with Gasteiger partial charge in [-0.1, -0.05) is 90.1 Å². The smallest absolute Gasteiger partial charge is 0.252 e. The Labute approximate surface area is 227 Å². The van der Waals surface area contributed by atoms with E-state index in [0.29, 0.717) is 28.5 Å². The number of thioether (sulfide) groups is 1. The Kier molecular flexibility index (Phi) is 5.60. The third-order valence-electron chi connectivity index (χ3n) is 7.33. The van der Waals surface area contributed by atoms with Crippen molar-refractivity contribution in [1.82, 2.24) is 9.72 Å². The van der Waals surface area contributed by atoms with E-state index < -0.39 is 12.0 Å². The molecule has 7 heteroatoms. The van der Waals surface area contributed by atoms with E-state index in [2.05, 4.69) is 41.6 Å². The van der Waals surface area contributed by atoms with E-state index in [0.717, 1.165) is 38.2 Å². The van der Waals surface area contributed by atoms with Crippen molar-refractivity contribution in [2.24, 2.45) is 0 Å². The van der Waals surface area contributed by atoms with Crippen LogP contribution in [0, 0.1) is 0 Å². The molecule has 3 heterocycles. The van der Waals surface area contributed by atoms with E-state index >= 15 is 0 Å². The number of benzene rings is 4. The van der Waals surface area contributed by atoms with Crippen LogP contribution >= 0.6 is 11.8 Å². The van der Waals surface area contributed by atoms with Gasteiger partial charge < -0.3 is 14.4 Å². The first-order valence-electron chi connectivity index (χ1n) is 12.6. The molecule has 0 saturated heterocycles. The topological polar surface area (TPSA) is 88.2 Å². The first-order chi connectivity index (χ1) is 19.1. The molecule has 0 N–H and O–H groups in total. The maximum absolute atomic E-state index is 13.3. The summed E-state index contributed by atoms with van der Waals surface area (Å²) in [4.78, 5) is 25.1. The van der Waals surface area contributed by atoms with Crippen molar-refractivity contribution in [2.45, 2.75) is 17.5 Å². The van der Waals surface area contributed by atoms with Gasteiger partial charge in [-0.05, 0) is 39.1 Å². The number of nitrogens with zero attached hydrogens (tertiary/aromatic N) is 2. The maximum Gasteiger partial charge on any atom is 0.252 e. The van der Waals surface area contributed by atoms with Gasteiger partial charge in [0.05, 0.1) is 22.6 Å². The lowest BCUT2D eigenvalue weighted by molar-refractivity contribution is -0.309. The minimum atomic E-state index is -1.27. The van der Waals surface area contributed by atoms with Crippen LogP contribution in [0.4, 0.5) is 0 Å². The number of hydrogen-bond acceptors (Lipinski definition) is 6. The summed E-state index contributed by atoms with van der Waals surface area (Å²) < 4.78 is 7.26. The molecule has 0 saturated carbocycles. The molecule has 190 valence electrons. The first kappa shape index (κ1) is 23.5. The number of pyridine rings is 1. The zero-order valence-corrected chi connectivity index (χ0v) is 21.5. The van der Waals surface area contributed by atoms with Gasteiger partial charge in [0, 0.05) is 23.4 Å². The van der Waals surface area contributed by atoms with Crippen LogP contribution < -0.4 is 10.7 Å². The summed E-state index contributed by atoms with van der Waals surface area (Å²) in [6.07, 6.45) is 0.473. The molecule has 2 aromatic heterocycles. The minimum absolute atomic E-state index is 0.215. The van der Waals surface area contributed by atoms with E-state index in [4.69, 9.17) is 4.52 Å². The van der Waals surface area contributed by atoms with E-state index in [-0.39, 0.29) is 11.3 Å². The Morgan fingerprint density at radius 2 is 1.59 bits per heavy atom. The Morgan fingerprint density at radius 1 is 0.897 bits per heavy atom. The fraction of sp³-hybridized carbons (Fsp3) is 0.0938. The predicted octanol–water partition coefficient (Wildman–Crippen LogP) is 5.46. The van der Waals surface area contributed by atoms with Crippen molar-refractivity contribution in [3.8, 4) is 22.6 Å². The minimum Gasteiger partial charge on any atom is -0.548 e. The summed E-state index contributed by atoms with van der Waals surface area (Å²) in [6.45, 7) is 0. The second-order valence-electron chi connectivity index (χ2n) is 9.62. The average molecular weight is 530 g/mol. The van der Waals surface area contributed by atoms with Gasteiger partial charge in [-0.2, -0.15) is 0 Å². The normalized spacial score (nSPS) is 14.6. The molecule has 4 aromatic carbocycles. The van der Waals surface area contributed by atoms with E-state index in [1.165, 1.54) is 22.4 Å². The molecule has 0 spiro atoms. The van der Waals surface area contributed by atoms with Crippen LogP contribution in [0.2, 0.25) is 0 Å². The molecule has 0 radical (unpaired) electrons. The third kappa shape index (κ3) is 3.94. The summed E-state index contributed by atoms with van der Waals surface area (Å²) in [5.74, 6) is -0.569. The van der Waals surface area contributed by atoms with Gasteiger partial charge >= 0.3 is 0 Å². The van der Waals surface area contributed by atoms with Crippen molar-refractivity contribution in [2.75, 3.05) is 5.75 Å². The van der Waals surface area contributed by atoms with E-state index in [1.807, 2.05) is 54.6 Å². The molecule has 39 heavy (non-hydrogen) atoms. The lowest BCUT2D eigenvalue weighted by Gasteiger charge is -2.18. The van der Waals surface area contributed by atoms with Gasteiger partial charge in [0.25, 0.3) is 5.56 Å². The molecule has 1 aliphatic rings. The summed E-state index contributed by atoms with van der Waals surface area (Å²) in [6, 6.07) is 30.7. The molecule has 6 aromatic rings. The summed E-state index contributed by atoms with van der Waals surface area (Å²) in [5, 5.41) is 21.2. The van der Waals surface area contributed by atoms with Gasteiger partial charge in [0.2, 0.25) is 0 Å². The molecule has 6 nitrogen and oxygen atoms in total. The fourth-order valence-corrected chi connectivity index (χ4v) is 6.85. The van der Waals surface area contributed by atoms with Crippen LogP contribution in [-0.4, -0.2) is 21.4 Å². The number of hydrogen-bond donors (Lipinski definition) is 0. The van der Waals surface area contributed by atoms with E-state index in [1.54, 1.807) is 0 Å². The molecule has 1 aliphatic heterocycles. The monoisotopic (exact) mass is 529 g/mol. The van der Waals surface area contributed by atoms with Crippen molar-refractivity contribution in [3.05, 3.63) is 119 Å². The number of carboxylic acids is 1. The van der Waals surface area contributed by atoms with Crippen LogP contribution in [0.3, 0.4) is 0 Å². The highest BCUT2D eigenvalue weighted by atomic mass is 32.2. The number of rotatable bonds is 5. The van der Waals surface area contributed by atoms with Crippen LogP contribution in [0.5, 0.6) is 0 Å². The molecule has 0 fully saturated rings. The van der Waals surface area contributed by atoms with Crippen LogP contribution in [0.1, 0.15) is 17.2 Å². The third-order valence-corrected chi connectivity index (χ3v) is 8.49. The number of carbonyl (C=O) groups is 1. The molecular formula is C32H21N2O4S-. The maximum atomic E-state index is 13.3. The Bertz CT molecular complexity index is 1960. The first-order valence-corrected chi connectivity index (χ1v) is 13.6. The molecule has 0 aliphatic carbocycles. The average Bonchev–Trinajstić information content (AvgIpc) is 3.62. The quantitative estimate of drug-likeness (QED) is 0.295.